The van der Waals surface area contributed by atoms with Crippen molar-refractivity contribution in [2.75, 3.05) is 7.11 Å². The second-order valence-corrected chi connectivity index (χ2v) is 12.2. The molecule has 47 heavy (non-hydrogen) atoms. The molecule has 0 fully saturated rings. The van der Waals surface area contributed by atoms with Gasteiger partial charge in [-0.05, 0) is 40.6 Å². The van der Waals surface area contributed by atoms with E-state index in [4.69, 9.17) is 14.6 Å². The largest absolute Gasteiger partial charge is 2.00 e. The molecule has 0 atom stereocenters. The van der Waals surface area contributed by atoms with Crippen LogP contribution >= 0.6 is 0 Å². The molecule has 7 aromatic rings. The Balaban J connectivity index is 0.00000386. The van der Waals surface area contributed by atoms with Gasteiger partial charge in [0.2, 0.25) is 0 Å². The zero-order valence-electron chi connectivity index (χ0n) is 27.3. The van der Waals surface area contributed by atoms with Gasteiger partial charge in [-0.25, -0.2) is 4.98 Å². The Bertz CT molecular complexity index is 2200. The van der Waals surface area contributed by atoms with Gasteiger partial charge in [0.15, 0.2) is 0 Å². The van der Waals surface area contributed by atoms with Crippen LogP contribution in [0, 0.1) is 19.1 Å². The van der Waals surface area contributed by atoms with Crippen molar-refractivity contribution in [1.29, 1.82) is 0 Å². The van der Waals surface area contributed by atoms with Gasteiger partial charge in [-0.2, -0.15) is 16.7 Å². The summed E-state index contributed by atoms with van der Waals surface area (Å²) in [5.74, 6) is 3.16. The predicted octanol–water partition coefficient (Wildman–Crippen LogP) is 9.99. The molecule has 7 heteroatoms. The third-order valence-corrected chi connectivity index (χ3v) is 8.27. The summed E-state index contributed by atoms with van der Waals surface area (Å²) in [6.45, 7) is 10.9. The summed E-state index contributed by atoms with van der Waals surface area (Å²) >= 11 is 0. The maximum absolute atomic E-state index is 6.52. The van der Waals surface area contributed by atoms with E-state index in [1.807, 2.05) is 36.4 Å². The van der Waals surface area contributed by atoms with E-state index in [1.54, 1.807) is 13.3 Å². The van der Waals surface area contributed by atoms with Crippen molar-refractivity contribution in [3.05, 3.63) is 126 Å². The van der Waals surface area contributed by atoms with Crippen LogP contribution in [0.15, 0.2) is 97.2 Å². The molecule has 0 spiro atoms. The van der Waals surface area contributed by atoms with E-state index in [9.17, 15) is 0 Å². The first kappa shape index (κ1) is 32.3. The van der Waals surface area contributed by atoms with E-state index in [1.165, 1.54) is 11.1 Å². The molecule has 6 nitrogen and oxygen atoms in total. The van der Waals surface area contributed by atoms with Crippen LogP contribution in [0.5, 0.6) is 17.2 Å². The number of para-hydroxylation sites is 1. The Morgan fingerprint density at radius 1 is 0.766 bits per heavy atom. The Labute approximate surface area is 290 Å². The summed E-state index contributed by atoms with van der Waals surface area (Å²) in [5, 5.41) is 7.37. The number of methoxy groups -OCH3 is 1. The topological polar surface area (TPSA) is 54.1 Å². The zero-order chi connectivity index (χ0) is 31.9. The van der Waals surface area contributed by atoms with E-state index in [0.717, 1.165) is 56.0 Å². The number of benzene rings is 4. The van der Waals surface area contributed by atoms with Crippen molar-refractivity contribution >= 4 is 21.8 Å². The van der Waals surface area contributed by atoms with Gasteiger partial charge in [0, 0.05) is 34.8 Å². The minimum absolute atomic E-state index is 0. The van der Waals surface area contributed by atoms with Gasteiger partial charge in [0.05, 0.1) is 18.5 Å². The summed E-state index contributed by atoms with van der Waals surface area (Å²) in [4.78, 5) is 4.67. The number of ether oxygens (including phenoxy) is 2. The fourth-order valence-corrected chi connectivity index (χ4v) is 6.24. The van der Waals surface area contributed by atoms with Crippen molar-refractivity contribution in [1.82, 2.24) is 19.3 Å². The van der Waals surface area contributed by atoms with Gasteiger partial charge < -0.3 is 14.0 Å². The number of nitrogens with zero attached hydrogens (tertiary/aromatic N) is 4. The molecule has 0 aliphatic heterocycles. The Morgan fingerprint density at radius 3 is 2.28 bits per heavy atom. The third kappa shape index (κ3) is 5.99. The molecule has 0 N–H and O–H groups in total. The monoisotopic (exact) mass is 799 g/mol. The molecule has 3 heterocycles. The molecule has 0 aliphatic rings. The number of rotatable bonds is 8. The van der Waals surface area contributed by atoms with Crippen LogP contribution in [-0.4, -0.2) is 26.4 Å². The van der Waals surface area contributed by atoms with E-state index >= 15 is 0 Å². The molecule has 0 unspecified atom stereocenters. The van der Waals surface area contributed by atoms with Crippen LogP contribution in [0.3, 0.4) is 0 Å². The summed E-state index contributed by atoms with van der Waals surface area (Å²) in [7, 11) is 1.66. The third-order valence-electron chi connectivity index (χ3n) is 8.27. The SMILES string of the molecule is COc1ccnc(-n2c3[c-]c(Oc4[c-]c(-n5nc(C(C)C)c(-c6ccccc6)c5C(C)C)cc(C)c4)ccc3c3ccccc32)c1.[Pt+2]. The minimum Gasteiger partial charge on any atom is -0.509 e. The Hall–Kier alpha value is -4.67. The number of aryl methyl sites for hydroxylation is 1. The van der Waals surface area contributed by atoms with Crippen LogP contribution < -0.4 is 9.47 Å². The molecular weight excluding hydrogens is 764 g/mol. The van der Waals surface area contributed by atoms with Gasteiger partial charge in [-0.1, -0.05) is 88.7 Å². The average molecular weight is 800 g/mol. The smallest absolute Gasteiger partial charge is 0.509 e. The van der Waals surface area contributed by atoms with Crippen molar-refractivity contribution in [2.45, 2.75) is 46.5 Å². The first-order valence-corrected chi connectivity index (χ1v) is 15.7. The summed E-state index contributed by atoms with van der Waals surface area (Å²) in [6, 6.07) is 37.9. The van der Waals surface area contributed by atoms with E-state index in [-0.39, 0.29) is 32.9 Å². The zero-order valence-corrected chi connectivity index (χ0v) is 29.6. The van der Waals surface area contributed by atoms with Crippen molar-refractivity contribution in [2.24, 2.45) is 0 Å². The molecule has 238 valence electrons. The van der Waals surface area contributed by atoms with Gasteiger partial charge in [-0.15, -0.1) is 35.7 Å². The molecule has 3 aromatic heterocycles. The van der Waals surface area contributed by atoms with E-state index in [2.05, 4.69) is 116 Å². The van der Waals surface area contributed by atoms with Crippen LogP contribution in [0.25, 0.3) is 44.4 Å². The van der Waals surface area contributed by atoms with Gasteiger partial charge in [0.25, 0.3) is 0 Å². The molecule has 0 aliphatic carbocycles. The molecule has 0 bridgehead atoms. The number of hydrogen-bond acceptors (Lipinski definition) is 4. The summed E-state index contributed by atoms with van der Waals surface area (Å²) in [6.07, 6.45) is 1.76. The van der Waals surface area contributed by atoms with Gasteiger partial charge in [0.1, 0.15) is 11.6 Å². The van der Waals surface area contributed by atoms with Gasteiger partial charge in [-0.3, -0.25) is 4.68 Å². The standard InChI is InChI=1S/C40H36N4O2.Pt/c1-25(2)39-38(28-12-8-7-9-13-28)40(26(3)4)44(42-39)29-20-27(5)21-32(22-29)46-31-16-17-34-33-14-10-11-15-35(33)43(36(34)23-31)37-24-30(45-6)18-19-41-37;/h7-21,24-26H,1-6H3;/q-2;+2. The summed E-state index contributed by atoms with van der Waals surface area (Å²) < 4.78 is 16.2. The Morgan fingerprint density at radius 2 is 1.53 bits per heavy atom. The van der Waals surface area contributed by atoms with Crippen molar-refractivity contribution < 1.29 is 30.5 Å². The molecular formula is C40H36N4O2Pt. The maximum atomic E-state index is 6.52. The van der Waals surface area contributed by atoms with Gasteiger partial charge >= 0.3 is 21.1 Å². The average Bonchev–Trinajstić information content (AvgIpc) is 3.62. The first-order valence-electron chi connectivity index (χ1n) is 15.7. The number of aromatic nitrogens is 4. The second kappa shape index (κ2) is 13.2. The fraction of sp³-hybridized carbons (Fsp3) is 0.200. The van der Waals surface area contributed by atoms with E-state index < -0.39 is 0 Å². The van der Waals surface area contributed by atoms with Crippen molar-refractivity contribution in [3.63, 3.8) is 0 Å². The van der Waals surface area contributed by atoms with Crippen LogP contribution in [0.2, 0.25) is 0 Å². The summed E-state index contributed by atoms with van der Waals surface area (Å²) in [5.41, 5.74) is 8.41. The van der Waals surface area contributed by atoms with Crippen molar-refractivity contribution in [3.8, 4) is 39.9 Å². The normalized spacial score (nSPS) is 11.4. The molecule has 7 rings (SSSR count). The fourth-order valence-electron chi connectivity index (χ4n) is 6.24. The molecule has 4 aromatic carbocycles. The quantitative estimate of drug-likeness (QED) is 0.144. The number of fused-ring (bicyclic) bond motifs is 3. The Kier molecular flexibility index (Phi) is 9.07. The molecule has 0 radical (unpaired) electrons. The van der Waals surface area contributed by atoms with Crippen LogP contribution in [-0.2, 0) is 21.1 Å². The van der Waals surface area contributed by atoms with E-state index in [0.29, 0.717) is 11.5 Å². The maximum Gasteiger partial charge on any atom is 2.00 e. The second-order valence-electron chi connectivity index (χ2n) is 12.2. The molecule has 0 amide bonds. The number of hydrogen-bond donors (Lipinski definition) is 0. The molecule has 0 saturated carbocycles. The predicted molar refractivity (Wildman–Crippen MR) is 185 cm³/mol. The number of pyridine rings is 1. The minimum atomic E-state index is 0. The van der Waals surface area contributed by atoms with Crippen LogP contribution in [0.1, 0.15) is 56.5 Å². The van der Waals surface area contributed by atoms with Crippen LogP contribution in [0.4, 0.5) is 0 Å². The molecule has 0 saturated heterocycles. The first-order chi connectivity index (χ1) is 22.3.